The van der Waals surface area contributed by atoms with Crippen LogP contribution in [0.5, 0.6) is 0 Å². The number of amides is 1. The van der Waals surface area contributed by atoms with Crippen molar-refractivity contribution in [3.05, 3.63) is 0 Å². The minimum absolute atomic E-state index is 0.255. The first kappa shape index (κ1) is 8.97. The van der Waals surface area contributed by atoms with Crippen molar-refractivity contribution >= 4 is 5.91 Å². The molecule has 4 heteroatoms. The van der Waals surface area contributed by atoms with Crippen LogP contribution in [-0.4, -0.2) is 61.0 Å². The van der Waals surface area contributed by atoms with E-state index in [1.807, 2.05) is 11.9 Å². The highest BCUT2D eigenvalue weighted by atomic mass is 16.2. The summed E-state index contributed by atoms with van der Waals surface area (Å²) >= 11 is 0. The van der Waals surface area contributed by atoms with Crippen LogP contribution in [-0.2, 0) is 4.79 Å². The molecule has 2 aliphatic heterocycles. The molecule has 0 spiro atoms. The van der Waals surface area contributed by atoms with Gasteiger partial charge in [-0.3, -0.25) is 9.69 Å². The van der Waals surface area contributed by atoms with Gasteiger partial charge >= 0.3 is 0 Å². The molecule has 0 aliphatic carbocycles. The molecule has 74 valence electrons. The van der Waals surface area contributed by atoms with E-state index >= 15 is 0 Å². The average Bonchev–Trinajstić information content (AvgIpc) is 1.96. The first-order valence-corrected chi connectivity index (χ1v) is 4.89. The maximum Gasteiger partial charge on any atom is 0.236 e. The molecule has 4 nitrogen and oxygen atoms in total. The molecule has 2 fully saturated rings. The van der Waals surface area contributed by atoms with Crippen LogP contribution in [0.2, 0.25) is 0 Å². The fourth-order valence-corrected chi connectivity index (χ4v) is 1.87. The summed E-state index contributed by atoms with van der Waals surface area (Å²) in [6, 6.07) is 0.960. The van der Waals surface area contributed by atoms with E-state index in [4.69, 9.17) is 0 Å². The Morgan fingerprint density at radius 3 is 2.62 bits per heavy atom. The highest BCUT2D eigenvalue weighted by Crippen LogP contribution is 2.13. The topological polar surface area (TPSA) is 35.6 Å². The van der Waals surface area contributed by atoms with Crippen molar-refractivity contribution in [1.29, 1.82) is 0 Å². The summed E-state index contributed by atoms with van der Waals surface area (Å²) in [5.41, 5.74) is 0. The molecular formula is C9H17N3O. The molecule has 0 radical (unpaired) electrons. The normalized spacial score (nSPS) is 32.0. The van der Waals surface area contributed by atoms with E-state index in [1.54, 1.807) is 0 Å². The van der Waals surface area contributed by atoms with Crippen molar-refractivity contribution in [2.75, 3.05) is 33.2 Å². The van der Waals surface area contributed by atoms with Crippen LogP contribution in [0.3, 0.4) is 0 Å². The van der Waals surface area contributed by atoms with Crippen molar-refractivity contribution in [1.82, 2.24) is 15.1 Å². The van der Waals surface area contributed by atoms with E-state index in [0.717, 1.165) is 19.6 Å². The van der Waals surface area contributed by atoms with Gasteiger partial charge in [-0.05, 0) is 6.92 Å². The molecule has 1 atom stereocenters. The van der Waals surface area contributed by atoms with Gasteiger partial charge in [0.1, 0.15) is 0 Å². The predicted octanol–water partition coefficient (Wildman–Crippen LogP) is -0.879. The molecule has 2 saturated heterocycles. The first-order valence-electron chi connectivity index (χ1n) is 4.89. The maximum atomic E-state index is 11.5. The van der Waals surface area contributed by atoms with Crippen LogP contribution in [0.1, 0.15) is 6.92 Å². The third-order valence-electron chi connectivity index (χ3n) is 3.17. The molecule has 0 bridgehead atoms. The number of carbonyl (C=O) groups is 1. The van der Waals surface area contributed by atoms with E-state index in [9.17, 15) is 4.79 Å². The average molecular weight is 183 g/mol. The lowest BCUT2D eigenvalue weighted by Crippen LogP contribution is -2.64. The number of nitrogens with zero attached hydrogens (tertiary/aromatic N) is 2. The molecule has 0 aromatic rings. The third kappa shape index (κ3) is 1.56. The van der Waals surface area contributed by atoms with E-state index in [2.05, 4.69) is 17.1 Å². The Labute approximate surface area is 78.9 Å². The molecule has 2 rings (SSSR count). The Kier molecular flexibility index (Phi) is 2.26. The van der Waals surface area contributed by atoms with Gasteiger partial charge in [0.15, 0.2) is 0 Å². The minimum Gasteiger partial charge on any atom is -0.341 e. The van der Waals surface area contributed by atoms with Gasteiger partial charge in [0.25, 0.3) is 0 Å². The van der Waals surface area contributed by atoms with Crippen molar-refractivity contribution in [2.24, 2.45) is 0 Å². The molecule has 2 heterocycles. The summed E-state index contributed by atoms with van der Waals surface area (Å²) in [7, 11) is 1.89. The summed E-state index contributed by atoms with van der Waals surface area (Å²) in [6.45, 7) is 5.82. The van der Waals surface area contributed by atoms with Crippen LogP contribution < -0.4 is 5.32 Å². The van der Waals surface area contributed by atoms with E-state index in [-0.39, 0.29) is 5.91 Å². The first-order chi connectivity index (χ1) is 6.18. The number of likely N-dealkylation sites (N-methyl/N-ethyl adjacent to an activating group) is 1. The Morgan fingerprint density at radius 2 is 2.15 bits per heavy atom. The zero-order valence-corrected chi connectivity index (χ0v) is 8.29. The van der Waals surface area contributed by atoms with Crippen LogP contribution in [0.15, 0.2) is 0 Å². The summed E-state index contributed by atoms with van der Waals surface area (Å²) in [5, 5.41) is 3.23. The largest absolute Gasteiger partial charge is 0.341 e. The summed E-state index contributed by atoms with van der Waals surface area (Å²) in [4.78, 5) is 15.7. The zero-order valence-electron chi connectivity index (χ0n) is 8.29. The Morgan fingerprint density at radius 1 is 1.46 bits per heavy atom. The number of carbonyl (C=O) groups excluding carboxylic acids is 1. The molecule has 0 aromatic heterocycles. The van der Waals surface area contributed by atoms with E-state index in [0.29, 0.717) is 18.6 Å². The lowest BCUT2D eigenvalue weighted by molar-refractivity contribution is -0.139. The van der Waals surface area contributed by atoms with Gasteiger partial charge in [0, 0.05) is 38.8 Å². The predicted molar refractivity (Wildman–Crippen MR) is 50.5 cm³/mol. The Balaban J connectivity index is 1.96. The van der Waals surface area contributed by atoms with E-state index in [1.165, 1.54) is 0 Å². The van der Waals surface area contributed by atoms with E-state index < -0.39 is 0 Å². The van der Waals surface area contributed by atoms with Gasteiger partial charge in [-0.25, -0.2) is 0 Å². The maximum absolute atomic E-state index is 11.5. The van der Waals surface area contributed by atoms with Gasteiger partial charge in [-0.15, -0.1) is 0 Å². The van der Waals surface area contributed by atoms with Crippen LogP contribution >= 0.6 is 0 Å². The third-order valence-corrected chi connectivity index (χ3v) is 3.17. The van der Waals surface area contributed by atoms with Gasteiger partial charge in [0.2, 0.25) is 5.91 Å². The zero-order chi connectivity index (χ0) is 9.42. The molecule has 0 saturated carbocycles. The fourth-order valence-electron chi connectivity index (χ4n) is 1.87. The molecule has 0 aromatic carbocycles. The van der Waals surface area contributed by atoms with Gasteiger partial charge in [0.05, 0.1) is 6.54 Å². The number of piperazine rings is 1. The van der Waals surface area contributed by atoms with Crippen LogP contribution in [0.25, 0.3) is 0 Å². The second kappa shape index (κ2) is 3.27. The fraction of sp³-hybridized carbons (Fsp3) is 0.889. The van der Waals surface area contributed by atoms with Crippen LogP contribution in [0, 0.1) is 0 Å². The second-order valence-electron chi connectivity index (χ2n) is 4.10. The molecule has 2 aliphatic rings. The molecule has 1 N–H and O–H groups in total. The summed E-state index contributed by atoms with van der Waals surface area (Å²) in [6.07, 6.45) is 0. The number of rotatable bonds is 1. The van der Waals surface area contributed by atoms with Crippen molar-refractivity contribution in [2.45, 2.75) is 19.0 Å². The standard InChI is InChI=1S/C9H17N3O/c1-7-5-12(8-3-10-4-8)6-9(13)11(7)2/h7-8,10H,3-6H2,1-2H3. The number of hydrogen-bond acceptors (Lipinski definition) is 3. The lowest BCUT2D eigenvalue weighted by Gasteiger charge is -2.44. The summed E-state index contributed by atoms with van der Waals surface area (Å²) in [5.74, 6) is 0.255. The lowest BCUT2D eigenvalue weighted by atomic mass is 10.1. The monoisotopic (exact) mass is 183 g/mol. The molecule has 13 heavy (non-hydrogen) atoms. The highest BCUT2D eigenvalue weighted by Gasteiger charge is 2.33. The van der Waals surface area contributed by atoms with Crippen molar-refractivity contribution in [3.63, 3.8) is 0 Å². The van der Waals surface area contributed by atoms with Gasteiger partial charge in [-0.1, -0.05) is 0 Å². The Hall–Kier alpha value is -0.610. The molecular weight excluding hydrogens is 166 g/mol. The Bertz CT molecular complexity index is 215. The smallest absolute Gasteiger partial charge is 0.236 e. The molecule has 1 unspecified atom stereocenters. The number of hydrogen-bond donors (Lipinski definition) is 1. The molecule has 1 amide bonds. The number of nitrogens with one attached hydrogen (secondary N) is 1. The van der Waals surface area contributed by atoms with Crippen molar-refractivity contribution in [3.8, 4) is 0 Å². The SMILES string of the molecule is CC1CN(C2CNC2)CC(=O)N1C. The van der Waals surface area contributed by atoms with Gasteiger partial charge in [-0.2, -0.15) is 0 Å². The quantitative estimate of drug-likeness (QED) is 0.573. The van der Waals surface area contributed by atoms with Crippen LogP contribution in [0.4, 0.5) is 0 Å². The summed E-state index contributed by atoms with van der Waals surface area (Å²) < 4.78 is 0. The van der Waals surface area contributed by atoms with Gasteiger partial charge < -0.3 is 10.2 Å². The minimum atomic E-state index is 0.255. The highest BCUT2D eigenvalue weighted by molar-refractivity contribution is 5.79. The van der Waals surface area contributed by atoms with Crippen molar-refractivity contribution < 1.29 is 4.79 Å². The second-order valence-corrected chi connectivity index (χ2v) is 4.10.